The molecule has 1 aromatic heterocycles. The third-order valence-electron chi connectivity index (χ3n) is 4.18. The summed E-state index contributed by atoms with van der Waals surface area (Å²) < 4.78 is 15.2. The van der Waals surface area contributed by atoms with E-state index in [4.69, 9.17) is 0 Å². The molecule has 0 spiro atoms. The third-order valence-corrected chi connectivity index (χ3v) is 4.18. The molecule has 3 aromatic rings. The molecule has 0 saturated heterocycles. The Labute approximate surface area is 146 Å². The molecule has 0 unspecified atom stereocenters. The van der Waals surface area contributed by atoms with Crippen LogP contribution in [0.15, 0.2) is 59.6 Å². The fourth-order valence-corrected chi connectivity index (χ4v) is 2.83. The minimum absolute atomic E-state index is 0.0402. The van der Waals surface area contributed by atoms with E-state index in [2.05, 4.69) is 9.56 Å². The number of benzene rings is 2. The van der Waals surface area contributed by atoms with Crippen molar-refractivity contribution in [3.05, 3.63) is 82.9 Å². The number of nitrogens with zero attached hydrogens (tertiary/aromatic N) is 2. The first-order valence-electron chi connectivity index (χ1n) is 8.05. The average Bonchev–Trinajstić information content (AvgIpc) is 2.88. The monoisotopic (exact) mass is 334 g/mol. The highest BCUT2D eigenvalue weighted by molar-refractivity contribution is 5.94. The van der Waals surface area contributed by atoms with Crippen molar-refractivity contribution in [2.75, 3.05) is 0 Å². The Bertz CT molecular complexity index is 935. The molecule has 126 valence electrons. The summed E-state index contributed by atoms with van der Waals surface area (Å²) in [4.78, 5) is 15.8. The van der Waals surface area contributed by atoms with Crippen molar-refractivity contribution >= 4 is 17.7 Å². The predicted octanol–water partition coefficient (Wildman–Crippen LogP) is 5.19. The zero-order chi connectivity index (χ0) is 18.0. The summed E-state index contributed by atoms with van der Waals surface area (Å²) in [5, 5.41) is 0. The van der Waals surface area contributed by atoms with Crippen molar-refractivity contribution < 1.29 is 9.18 Å². The van der Waals surface area contributed by atoms with Crippen molar-refractivity contribution in [1.29, 1.82) is 0 Å². The molecule has 2 aromatic carbocycles. The molecule has 0 aliphatic carbocycles. The molecule has 1 heterocycles. The first-order chi connectivity index (χ1) is 12.0. The smallest absolute Gasteiger partial charge is 0.159 e. The Morgan fingerprint density at radius 1 is 1.04 bits per heavy atom. The molecule has 3 rings (SSSR count). The number of aliphatic imine (C=N–C) groups is 1. The van der Waals surface area contributed by atoms with Crippen LogP contribution >= 0.6 is 0 Å². The van der Waals surface area contributed by atoms with E-state index in [-0.39, 0.29) is 11.6 Å². The molecule has 0 fully saturated rings. The molecule has 0 radical (unpaired) electrons. The summed E-state index contributed by atoms with van der Waals surface area (Å²) in [6.45, 7) is 5.56. The van der Waals surface area contributed by atoms with Crippen LogP contribution in [0.3, 0.4) is 0 Å². The molecule has 0 bridgehead atoms. The maximum Gasteiger partial charge on any atom is 0.159 e. The van der Waals surface area contributed by atoms with Gasteiger partial charge in [0.1, 0.15) is 5.82 Å². The lowest BCUT2D eigenvalue weighted by Crippen LogP contribution is -1.99. The van der Waals surface area contributed by atoms with E-state index >= 15 is 0 Å². The van der Waals surface area contributed by atoms with E-state index in [9.17, 15) is 9.18 Å². The van der Waals surface area contributed by atoms with Gasteiger partial charge in [0.05, 0.1) is 5.69 Å². The van der Waals surface area contributed by atoms with E-state index in [0.29, 0.717) is 5.56 Å². The van der Waals surface area contributed by atoms with Gasteiger partial charge in [-0.3, -0.25) is 9.79 Å². The lowest BCUT2D eigenvalue weighted by Gasteiger charge is -2.09. The number of aryl methyl sites for hydroxylation is 1. The van der Waals surface area contributed by atoms with Crippen LogP contribution < -0.4 is 0 Å². The average molecular weight is 334 g/mol. The quantitative estimate of drug-likeness (QED) is 0.478. The highest BCUT2D eigenvalue weighted by atomic mass is 19.1. The molecule has 0 N–H and O–H groups in total. The van der Waals surface area contributed by atoms with Crippen molar-refractivity contribution in [1.82, 2.24) is 4.57 Å². The summed E-state index contributed by atoms with van der Waals surface area (Å²) >= 11 is 0. The van der Waals surface area contributed by atoms with Crippen LogP contribution in [-0.4, -0.2) is 16.6 Å². The Balaban J connectivity index is 1.89. The molecule has 0 saturated carbocycles. The van der Waals surface area contributed by atoms with Crippen molar-refractivity contribution in [2.24, 2.45) is 4.99 Å². The standard InChI is InChI=1S/C21H19FN2O/c1-14-12-18(13-23-20-8-4-17(5-9-20)16(3)25)15(2)24(14)21-10-6-19(22)7-11-21/h4-13H,1-3H3. The lowest BCUT2D eigenvalue weighted by atomic mass is 10.1. The minimum Gasteiger partial charge on any atom is -0.318 e. The van der Waals surface area contributed by atoms with Crippen molar-refractivity contribution in [3.63, 3.8) is 0 Å². The number of ketones is 1. The van der Waals surface area contributed by atoms with Gasteiger partial charge in [0, 0.05) is 34.4 Å². The SMILES string of the molecule is CC(=O)c1ccc(N=Cc2cc(C)n(-c3ccc(F)cc3)c2C)cc1. The summed E-state index contributed by atoms with van der Waals surface area (Å²) in [5.41, 5.74) is 5.47. The highest BCUT2D eigenvalue weighted by Crippen LogP contribution is 2.21. The van der Waals surface area contributed by atoms with Crippen LogP contribution in [0.1, 0.15) is 34.2 Å². The molecular formula is C21H19FN2O. The Hall–Kier alpha value is -3.01. The van der Waals surface area contributed by atoms with Crippen LogP contribution in [0.5, 0.6) is 0 Å². The molecule has 3 nitrogen and oxygen atoms in total. The molecule has 0 amide bonds. The van der Waals surface area contributed by atoms with Gasteiger partial charge >= 0.3 is 0 Å². The molecule has 0 aliphatic heterocycles. The van der Waals surface area contributed by atoms with E-state index < -0.39 is 0 Å². The summed E-state index contributed by atoms with van der Waals surface area (Å²) in [5.74, 6) is -0.208. The maximum atomic E-state index is 13.1. The highest BCUT2D eigenvalue weighted by Gasteiger charge is 2.09. The van der Waals surface area contributed by atoms with Gasteiger partial charge in [-0.1, -0.05) is 0 Å². The fraction of sp³-hybridized carbons (Fsp3) is 0.143. The van der Waals surface area contributed by atoms with Crippen molar-refractivity contribution in [2.45, 2.75) is 20.8 Å². The van der Waals surface area contributed by atoms with Gasteiger partial charge in [0.2, 0.25) is 0 Å². The third kappa shape index (κ3) is 3.58. The maximum absolute atomic E-state index is 13.1. The van der Waals surface area contributed by atoms with Crippen molar-refractivity contribution in [3.8, 4) is 5.69 Å². The molecule has 4 heteroatoms. The molecular weight excluding hydrogens is 315 g/mol. The van der Waals surface area contributed by atoms with E-state index in [0.717, 1.165) is 28.3 Å². The largest absolute Gasteiger partial charge is 0.318 e. The van der Waals surface area contributed by atoms with E-state index in [1.807, 2.05) is 38.3 Å². The van der Waals surface area contributed by atoms with Gasteiger partial charge in [-0.2, -0.15) is 0 Å². The van der Waals surface area contributed by atoms with Gasteiger partial charge in [-0.05, 0) is 75.4 Å². The van der Waals surface area contributed by atoms with Crippen LogP contribution in [0.4, 0.5) is 10.1 Å². The zero-order valence-electron chi connectivity index (χ0n) is 14.5. The first kappa shape index (κ1) is 16.8. The number of Topliss-reactive ketones (excluding diaryl/α,β-unsaturated/α-hetero) is 1. The molecule has 0 atom stereocenters. The second kappa shape index (κ2) is 6.85. The number of hydrogen-bond donors (Lipinski definition) is 0. The summed E-state index contributed by atoms with van der Waals surface area (Å²) in [6, 6.07) is 15.7. The number of carbonyl (C=O) groups is 1. The summed E-state index contributed by atoms with van der Waals surface area (Å²) in [6.07, 6.45) is 1.81. The normalized spacial score (nSPS) is 11.2. The molecule has 0 aliphatic rings. The number of hydrogen-bond acceptors (Lipinski definition) is 2. The Morgan fingerprint density at radius 3 is 2.28 bits per heavy atom. The number of carbonyl (C=O) groups excluding carboxylic acids is 1. The van der Waals surface area contributed by atoms with E-state index in [1.54, 1.807) is 31.2 Å². The van der Waals surface area contributed by atoms with Crippen LogP contribution in [0.25, 0.3) is 5.69 Å². The van der Waals surface area contributed by atoms with Gasteiger partial charge in [0.25, 0.3) is 0 Å². The van der Waals surface area contributed by atoms with Crippen LogP contribution in [0, 0.1) is 19.7 Å². The zero-order valence-corrected chi connectivity index (χ0v) is 14.5. The number of aromatic nitrogens is 1. The van der Waals surface area contributed by atoms with Crippen LogP contribution in [-0.2, 0) is 0 Å². The Kier molecular flexibility index (Phi) is 4.61. The van der Waals surface area contributed by atoms with E-state index in [1.165, 1.54) is 12.1 Å². The second-order valence-electron chi connectivity index (χ2n) is 6.00. The van der Waals surface area contributed by atoms with Gasteiger partial charge in [-0.15, -0.1) is 0 Å². The summed E-state index contributed by atoms with van der Waals surface area (Å²) in [7, 11) is 0. The van der Waals surface area contributed by atoms with Gasteiger partial charge in [0.15, 0.2) is 5.78 Å². The molecule has 25 heavy (non-hydrogen) atoms. The van der Waals surface area contributed by atoms with Gasteiger partial charge in [-0.25, -0.2) is 4.39 Å². The Morgan fingerprint density at radius 2 is 1.68 bits per heavy atom. The number of rotatable bonds is 4. The van der Waals surface area contributed by atoms with Gasteiger partial charge < -0.3 is 4.57 Å². The second-order valence-corrected chi connectivity index (χ2v) is 6.00. The fourth-order valence-electron chi connectivity index (χ4n) is 2.83. The topological polar surface area (TPSA) is 34.4 Å². The predicted molar refractivity (Wildman–Crippen MR) is 98.9 cm³/mol. The van der Waals surface area contributed by atoms with Crippen LogP contribution in [0.2, 0.25) is 0 Å². The lowest BCUT2D eigenvalue weighted by molar-refractivity contribution is 0.101. The number of halogens is 1. The first-order valence-corrected chi connectivity index (χ1v) is 8.05. The minimum atomic E-state index is -0.248.